The van der Waals surface area contributed by atoms with E-state index in [2.05, 4.69) is 5.43 Å². The maximum absolute atomic E-state index is 10.9. The van der Waals surface area contributed by atoms with Crippen LogP contribution in [0.2, 0.25) is 0 Å². The number of nitrogens with one attached hydrogen (secondary N) is 2. The fourth-order valence-corrected chi connectivity index (χ4v) is 1.61. The quantitative estimate of drug-likeness (QED) is 0.291. The van der Waals surface area contributed by atoms with Crippen LogP contribution in [0.25, 0.3) is 0 Å². The summed E-state index contributed by atoms with van der Waals surface area (Å²) in [6.45, 7) is 0. The molecule has 90 valence electrons. The number of hydrazine groups is 1. The van der Waals surface area contributed by atoms with E-state index in [0.717, 1.165) is 12.1 Å². The summed E-state index contributed by atoms with van der Waals surface area (Å²) in [5.74, 6) is 0. The number of anilines is 1. The molecule has 11 heteroatoms. The van der Waals surface area contributed by atoms with Gasteiger partial charge in [0, 0.05) is 5.69 Å². The van der Waals surface area contributed by atoms with Crippen molar-refractivity contribution in [2.75, 3.05) is 5.43 Å². The Kier molecular flexibility index (Phi) is 6.04. The maximum atomic E-state index is 10.9. The van der Waals surface area contributed by atoms with E-state index >= 15 is 0 Å². The zero-order valence-electron chi connectivity index (χ0n) is 8.74. The minimum absolute atomic E-state index is 0. The van der Waals surface area contributed by atoms with Gasteiger partial charge >= 0.3 is 29.6 Å². The molecule has 0 saturated carbocycles. The first-order valence-corrected chi connectivity index (χ1v) is 6.75. The summed E-state index contributed by atoms with van der Waals surface area (Å²) in [5.41, 5.74) is 2.28. The van der Waals surface area contributed by atoms with Crippen molar-refractivity contribution < 1.29 is 50.9 Å². The number of nitrogens with two attached hydrogens (primary N) is 1. The summed E-state index contributed by atoms with van der Waals surface area (Å²) < 4.78 is 52.3. The van der Waals surface area contributed by atoms with Gasteiger partial charge in [0.15, 0.2) is 10.3 Å². The molecule has 8 nitrogen and oxygen atoms in total. The van der Waals surface area contributed by atoms with Gasteiger partial charge < -0.3 is 9.98 Å². The molecule has 0 aromatic heterocycles. The van der Waals surface area contributed by atoms with E-state index in [1.165, 1.54) is 17.0 Å². The molecule has 0 fully saturated rings. The van der Waals surface area contributed by atoms with Gasteiger partial charge in [-0.25, -0.2) is 22.0 Å². The van der Waals surface area contributed by atoms with Crippen LogP contribution in [-0.4, -0.2) is 21.4 Å². The standard InChI is InChI=1S/C6H9N3O5S2.Na/c7-15(10,11)6-3-1-5(2-4-6)8-9-16(12,13)14;/h1-4,8-9H,(H2,7,10,11)(H,12,13,14);/q;+1/p-1. The molecule has 0 unspecified atom stereocenters. The van der Waals surface area contributed by atoms with Crippen molar-refractivity contribution in [3.05, 3.63) is 24.3 Å². The smallest absolute Gasteiger partial charge is 0.734 e. The predicted molar refractivity (Wildman–Crippen MR) is 54.3 cm³/mol. The Morgan fingerprint density at radius 3 is 1.88 bits per heavy atom. The molecular weight excluding hydrogens is 281 g/mol. The summed E-state index contributed by atoms with van der Waals surface area (Å²) in [4.78, 5) is 1.36. The fourth-order valence-electron chi connectivity index (χ4n) is 0.849. The Hall–Kier alpha value is -0.200. The molecule has 0 atom stereocenters. The van der Waals surface area contributed by atoms with Gasteiger partial charge in [0.2, 0.25) is 10.0 Å². The molecule has 0 spiro atoms. The second-order valence-electron chi connectivity index (χ2n) is 2.75. The SMILES string of the molecule is NS(=O)(=O)c1ccc(NNS(=O)(=O)[O-])cc1.[Na+]. The number of primary sulfonamides is 1. The summed E-state index contributed by atoms with van der Waals surface area (Å²) in [6, 6.07) is 4.82. The van der Waals surface area contributed by atoms with Crippen LogP contribution < -0.4 is 45.0 Å². The summed E-state index contributed by atoms with van der Waals surface area (Å²) in [6.07, 6.45) is 0. The van der Waals surface area contributed by atoms with Crippen molar-refractivity contribution in [3.63, 3.8) is 0 Å². The van der Waals surface area contributed by atoms with Gasteiger partial charge in [0.05, 0.1) is 4.90 Å². The predicted octanol–water partition coefficient (Wildman–Crippen LogP) is -4.29. The topological polar surface area (TPSA) is 141 Å². The Balaban J connectivity index is 0.00000256. The van der Waals surface area contributed by atoms with Crippen LogP contribution in [0.15, 0.2) is 29.2 Å². The molecule has 0 radical (unpaired) electrons. The third-order valence-corrected chi connectivity index (χ3v) is 2.78. The third kappa shape index (κ3) is 6.33. The van der Waals surface area contributed by atoms with Crippen LogP contribution in [0.5, 0.6) is 0 Å². The molecule has 1 rings (SSSR count). The van der Waals surface area contributed by atoms with Gasteiger partial charge in [-0.3, -0.25) is 0 Å². The average molecular weight is 289 g/mol. The van der Waals surface area contributed by atoms with Crippen LogP contribution >= 0.6 is 0 Å². The number of sulfonamides is 1. The Morgan fingerprint density at radius 1 is 1.06 bits per heavy atom. The monoisotopic (exact) mass is 289 g/mol. The van der Waals surface area contributed by atoms with Crippen LogP contribution in [0.3, 0.4) is 0 Å². The van der Waals surface area contributed by atoms with Gasteiger partial charge in [-0.2, -0.15) is 0 Å². The second-order valence-corrected chi connectivity index (χ2v) is 5.42. The molecule has 0 saturated heterocycles. The van der Waals surface area contributed by atoms with E-state index < -0.39 is 20.3 Å². The van der Waals surface area contributed by atoms with Crippen LogP contribution in [0.1, 0.15) is 0 Å². The van der Waals surface area contributed by atoms with Gasteiger partial charge in [0.25, 0.3) is 0 Å². The molecule has 17 heavy (non-hydrogen) atoms. The molecule has 0 aliphatic rings. The first-order chi connectivity index (χ1) is 7.18. The van der Waals surface area contributed by atoms with Gasteiger partial charge in [0.1, 0.15) is 0 Å². The number of benzene rings is 1. The van der Waals surface area contributed by atoms with Crippen molar-refractivity contribution >= 4 is 26.0 Å². The number of hydrogen-bond donors (Lipinski definition) is 3. The van der Waals surface area contributed by atoms with Crippen molar-refractivity contribution in [1.82, 2.24) is 4.83 Å². The van der Waals surface area contributed by atoms with Gasteiger partial charge in [-0.1, -0.05) is 0 Å². The normalized spacial score (nSPS) is 11.6. The molecule has 0 aliphatic heterocycles. The maximum Gasteiger partial charge on any atom is 1.00 e. The summed E-state index contributed by atoms with van der Waals surface area (Å²) in [7, 11) is -8.41. The molecule has 1 aromatic carbocycles. The van der Waals surface area contributed by atoms with Crippen molar-refractivity contribution in [2.24, 2.45) is 5.14 Å². The van der Waals surface area contributed by atoms with Crippen LogP contribution in [0, 0.1) is 0 Å². The molecule has 0 amide bonds. The molecule has 4 N–H and O–H groups in total. The Labute approximate surface area is 121 Å². The second kappa shape index (κ2) is 6.11. The Bertz CT molecular complexity index is 568. The molecular formula is C6H8N3NaO5S2. The van der Waals surface area contributed by atoms with E-state index in [-0.39, 0.29) is 40.1 Å². The van der Waals surface area contributed by atoms with E-state index in [1.807, 2.05) is 0 Å². The first-order valence-electron chi connectivity index (χ1n) is 3.80. The summed E-state index contributed by atoms with van der Waals surface area (Å²) >= 11 is 0. The van der Waals surface area contributed by atoms with Crippen LogP contribution in [-0.2, 0) is 20.3 Å². The minimum atomic E-state index is -4.61. The molecule has 0 aliphatic carbocycles. The van der Waals surface area contributed by atoms with E-state index in [4.69, 9.17) is 5.14 Å². The van der Waals surface area contributed by atoms with E-state index in [0.29, 0.717) is 0 Å². The fraction of sp³-hybridized carbons (Fsp3) is 0. The molecule has 0 heterocycles. The number of hydrogen-bond acceptors (Lipinski definition) is 6. The van der Waals surface area contributed by atoms with Gasteiger partial charge in [-0.05, 0) is 24.3 Å². The number of rotatable bonds is 4. The average Bonchev–Trinajstić information content (AvgIpc) is 2.13. The molecule has 1 aromatic rings. The van der Waals surface area contributed by atoms with Crippen LogP contribution in [0.4, 0.5) is 5.69 Å². The zero-order valence-corrected chi connectivity index (χ0v) is 12.4. The minimum Gasteiger partial charge on any atom is -0.734 e. The van der Waals surface area contributed by atoms with Crippen molar-refractivity contribution in [1.29, 1.82) is 0 Å². The Morgan fingerprint density at radius 2 is 1.53 bits per heavy atom. The van der Waals surface area contributed by atoms with E-state index in [1.54, 1.807) is 0 Å². The largest absolute Gasteiger partial charge is 1.00 e. The zero-order chi connectivity index (χ0) is 12.4. The van der Waals surface area contributed by atoms with Crippen molar-refractivity contribution in [2.45, 2.75) is 4.90 Å². The molecule has 0 bridgehead atoms. The summed E-state index contributed by atoms with van der Waals surface area (Å²) in [5, 5.41) is 4.84. The first kappa shape index (κ1) is 16.8. The third-order valence-electron chi connectivity index (χ3n) is 1.50. The van der Waals surface area contributed by atoms with Crippen molar-refractivity contribution in [3.8, 4) is 0 Å². The van der Waals surface area contributed by atoms with E-state index in [9.17, 15) is 21.4 Å². The van der Waals surface area contributed by atoms with Gasteiger partial charge in [-0.15, -0.1) is 4.83 Å².